The van der Waals surface area contributed by atoms with Crippen molar-refractivity contribution >= 4 is 15.9 Å². The summed E-state index contributed by atoms with van der Waals surface area (Å²) >= 11 is 3.86. The monoisotopic (exact) mass is 302 g/mol. The van der Waals surface area contributed by atoms with Crippen LogP contribution in [-0.4, -0.2) is 0 Å². The Hall–Kier alpha value is -1.08. The Morgan fingerprint density at radius 3 is 1.83 bits per heavy atom. The van der Waals surface area contributed by atoms with E-state index in [1.165, 1.54) is 33.4 Å². The van der Waals surface area contributed by atoms with Gasteiger partial charge in [0, 0.05) is 0 Å². The fraction of sp³-hybridized carbons (Fsp3) is 0.294. The highest BCUT2D eigenvalue weighted by atomic mass is 79.9. The average molecular weight is 303 g/mol. The van der Waals surface area contributed by atoms with Crippen molar-refractivity contribution in [2.45, 2.75) is 32.5 Å². The SMILES string of the molecule is Cc1cc(C)c(C)c(C(Br)c2ccccc2)c1C. The molecule has 0 saturated heterocycles. The predicted molar refractivity (Wildman–Crippen MR) is 82.6 cm³/mol. The maximum absolute atomic E-state index is 3.86. The lowest BCUT2D eigenvalue weighted by Crippen LogP contribution is -2.03. The van der Waals surface area contributed by atoms with Crippen molar-refractivity contribution in [1.82, 2.24) is 0 Å². The van der Waals surface area contributed by atoms with Crippen molar-refractivity contribution in [3.8, 4) is 0 Å². The number of hydrogen-bond donors (Lipinski definition) is 0. The fourth-order valence-corrected chi connectivity index (χ4v) is 3.41. The highest BCUT2D eigenvalue weighted by Gasteiger charge is 2.17. The van der Waals surface area contributed by atoms with Crippen LogP contribution < -0.4 is 0 Å². The summed E-state index contributed by atoms with van der Waals surface area (Å²) in [6, 6.07) is 12.9. The summed E-state index contributed by atoms with van der Waals surface area (Å²) in [7, 11) is 0. The van der Waals surface area contributed by atoms with Crippen LogP contribution in [0, 0.1) is 27.7 Å². The molecule has 0 heterocycles. The van der Waals surface area contributed by atoms with Crippen LogP contribution >= 0.6 is 15.9 Å². The second-order valence-electron chi connectivity index (χ2n) is 4.95. The molecule has 2 aromatic carbocycles. The highest BCUT2D eigenvalue weighted by Crippen LogP contribution is 2.37. The van der Waals surface area contributed by atoms with Crippen LogP contribution in [0.1, 0.15) is 38.2 Å². The standard InChI is InChI=1S/C17H19Br/c1-11-10-12(2)14(4)16(13(11)3)17(18)15-8-6-5-7-9-15/h5-10,17H,1-4H3. The molecule has 0 aliphatic rings. The molecule has 0 fully saturated rings. The molecular weight excluding hydrogens is 284 g/mol. The first-order chi connectivity index (χ1) is 8.52. The third-order valence-corrected chi connectivity index (χ3v) is 4.76. The number of aryl methyl sites for hydroxylation is 2. The third kappa shape index (κ3) is 2.37. The van der Waals surface area contributed by atoms with E-state index in [4.69, 9.17) is 0 Å². The second-order valence-corrected chi connectivity index (χ2v) is 5.86. The van der Waals surface area contributed by atoms with Gasteiger partial charge < -0.3 is 0 Å². The van der Waals surface area contributed by atoms with Gasteiger partial charge >= 0.3 is 0 Å². The molecule has 2 aromatic rings. The van der Waals surface area contributed by atoms with Gasteiger partial charge in [-0.1, -0.05) is 52.3 Å². The van der Waals surface area contributed by atoms with Crippen LogP contribution in [0.4, 0.5) is 0 Å². The van der Waals surface area contributed by atoms with Crippen LogP contribution in [0.25, 0.3) is 0 Å². The number of hydrogen-bond acceptors (Lipinski definition) is 0. The molecule has 94 valence electrons. The van der Waals surface area contributed by atoms with E-state index in [0.717, 1.165) is 0 Å². The molecule has 2 rings (SSSR count). The zero-order valence-electron chi connectivity index (χ0n) is 11.4. The molecule has 0 radical (unpaired) electrons. The molecule has 0 bridgehead atoms. The topological polar surface area (TPSA) is 0 Å². The van der Waals surface area contributed by atoms with Crippen molar-refractivity contribution in [2.75, 3.05) is 0 Å². The summed E-state index contributed by atoms with van der Waals surface area (Å²) < 4.78 is 0. The van der Waals surface area contributed by atoms with Gasteiger partial charge in [-0.25, -0.2) is 0 Å². The first kappa shape index (κ1) is 13.4. The summed E-state index contributed by atoms with van der Waals surface area (Å²) in [6.45, 7) is 8.81. The minimum Gasteiger partial charge on any atom is -0.0786 e. The normalized spacial score (nSPS) is 12.5. The molecule has 0 aliphatic heterocycles. The molecule has 18 heavy (non-hydrogen) atoms. The Balaban J connectivity index is 2.58. The maximum Gasteiger partial charge on any atom is 0.0649 e. The fourth-order valence-electron chi connectivity index (χ4n) is 2.42. The minimum absolute atomic E-state index is 0.275. The molecule has 0 aromatic heterocycles. The number of benzene rings is 2. The van der Waals surface area contributed by atoms with Crippen LogP contribution in [0.3, 0.4) is 0 Å². The van der Waals surface area contributed by atoms with Crippen molar-refractivity contribution in [3.05, 3.63) is 69.8 Å². The molecule has 1 unspecified atom stereocenters. The summed E-state index contributed by atoms with van der Waals surface area (Å²) in [5.74, 6) is 0. The van der Waals surface area contributed by atoms with Gasteiger partial charge in [0.15, 0.2) is 0 Å². The lowest BCUT2D eigenvalue weighted by molar-refractivity contribution is 1.08. The van der Waals surface area contributed by atoms with Crippen molar-refractivity contribution in [2.24, 2.45) is 0 Å². The Morgan fingerprint density at radius 1 is 0.833 bits per heavy atom. The maximum atomic E-state index is 3.86. The number of halogens is 1. The van der Waals surface area contributed by atoms with Crippen LogP contribution in [0.2, 0.25) is 0 Å². The van der Waals surface area contributed by atoms with E-state index >= 15 is 0 Å². The van der Waals surface area contributed by atoms with E-state index in [-0.39, 0.29) is 4.83 Å². The molecule has 1 heteroatoms. The quantitative estimate of drug-likeness (QED) is 0.651. The summed E-state index contributed by atoms with van der Waals surface area (Å²) in [4.78, 5) is 0.275. The number of alkyl halides is 1. The van der Waals surface area contributed by atoms with Crippen LogP contribution in [-0.2, 0) is 0 Å². The molecular formula is C17H19Br. The zero-order chi connectivity index (χ0) is 13.3. The van der Waals surface area contributed by atoms with Gasteiger partial charge in [0.05, 0.1) is 4.83 Å². The summed E-state index contributed by atoms with van der Waals surface area (Å²) in [5.41, 5.74) is 8.25. The first-order valence-corrected chi connectivity index (χ1v) is 7.20. The summed E-state index contributed by atoms with van der Waals surface area (Å²) in [5, 5.41) is 0. The van der Waals surface area contributed by atoms with E-state index in [1.54, 1.807) is 0 Å². The Labute approximate surface area is 118 Å². The van der Waals surface area contributed by atoms with Crippen molar-refractivity contribution in [3.63, 3.8) is 0 Å². The molecule has 1 atom stereocenters. The predicted octanol–water partition coefficient (Wildman–Crippen LogP) is 5.40. The molecule has 0 spiro atoms. The Kier molecular flexibility index (Phi) is 3.91. The van der Waals surface area contributed by atoms with E-state index in [2.05, 4.69) is 80.0 Å². The lowest BCUT2D eigenvalue weighted by Gasteiger charge is -2.20. The second kappa shape index (κ2) is 5.27. The third-order valence-electron chi connectivity index (χ3n) is 3.77. The van der Waals surface area contributed by atoms with E-state index < -0.39 is 0 Å². The van der Waals surface area contributed by atoms with Gasteiger partial charge in [-0.2, -0.15) is 0 Å². The minimum atomic E-state index is 0.275. The van der Waals surface area contributed by atoms with Gasteiger partial charge in [0.25, 0.3) is 0 Å². The largest absolute Gasteiger partial charge is 0.0786 e. The van der Waals surface area contributed by atoms with Crippen molar-refractivity contribution in [1.29, 1.82) is 0 Å². The molecule has 0 saturated carbocycles. The number of rotatable bonds is 2. The van der Waals surface area contributed by atoms with Crippen LogP contribution in [0.15, 0.2) is 36.4 Å². The molecule has 0 amide bonds. The van der Waals surface area contributed by atoms with Gasteiger partial charge in [-0.3, -0.25) is 0 Å². The Bertz CT molecular complexity index is 529. The smallest absolute Gasteiger partial charge is 0.0649 e. The highest BCUT2D eigenvalue weighted by molar-refractivity contribution is 9.09. The first-order valence-electron chi connectivity index (χ1n) is 6.28. The average Bonchev–Trinajstić information content (AvgIpc) is 2.37. The van der Waals surface area contributed by atoms with E-state index in [9.17, 15) is 0 Å². The van der Waals surface area contributed by atoms with Gasteiger partial charge in [0.2, 0.25) is 0 Å². The van der Waals surface area contributed by atoms with Crippen molar-refractivity contribution < 1.29 is 0 Å². The Morgan fingerprint density at radius 2 is 1.33 bits per heavy atom. The van der Waals surface area contributed by atoms with Gasteiger partial charge in [-0.15, -0.1) is 0 Å². The summed E-state index contributed by atoms with van der Waals surface area (Å²) in [6.07, 6.45) is 0. The van der Waals surface area contributed by atoms with E-state index in [0.29, 0.717) is 0 Å². The zero-order valence-corrected chi connectivity index (χ0v) is 13.0. The van der Waals surface area contributed by atoms with Gasteiger partial charge in [-0.05, 0) is 61.1 Å². The molecule has 0 aliphatic carbocycles. The molecule has 0 N–H and O–H groups in total. The van der Waals surface area contributed by atoms with Crippen LogP contribution in [0.5, 0.6) is 0 Å². The lowest BCUT2D eigenvalue weighted by atomic mass is 9.90. The molecule has 0 nitrogen and oxygen atoms in total. The van der Waals surface area contributed by atoms with Gasteiger partial charge in [0.1, 0.15) is 0 Å². The van der Waals surface area contributed by atoms with E-state index in [1.807, 2.05) is 0 Å².